The summed E-state index contributed by atoms with van der Waals surface area (Å²) < 4.78 is 17.6. The summed E-state index contributed by atoms with van der Waals surface area (Å²) in [5.41, 5.74) is -1.23. The van der Waals surface area contributed by atoms with E-state index in [1.807, 2.05) is 0 Å². The van der Waals surface area contributed by atoms with Crippen molar-refractivity contribution in [3.8, 4) is 17.0 Å². The first-order valence-electron chi connectivity index (χ1n) is 4.77. The van der Waals surface area contributed by atoms with E-state index >= 15 is 0 Å². The van der Waals surface area contributed by atoms with Crippen molar-refractivity contribution < 1.29 is 28.8 Å². The van der Waals surface area contributed by atoms with Crippen molar-refractivity contribution in [2.45, 2.75) is 0 Å². The van der Waals surface area contributed by atoms with Gasteiger partial charge in [-0.2, -0.15) is 4.39 Å². The molecule has 19 heavy (non-hydrogen) atoms. The fraction of sp³-hybridized carbons (Fsp3) is 0. The Bertz CT molecular complexity index is 681. The van der Waals surface area contributed by atoms with E-state index in [1.54, 1.807) is 0 Å². The largest absolute Gasteiger partial charge is 0.507 e. The zero-order chi connectivity index (χ0) is 14.2. The lowest BCUT2D eigenvalue weighted by atomic mass is 10.1. The highest BCUT2D eigenvalue weighted by molar-refractivity contribution is 5.86. The van der Waals surface area contributed by atoms with Crippen LogP contribution in [0.25, 0.3) is 11.3 Å². The Morgan fingerprint density at radius 2 is 2.11 bits per heavy atom. The number of phenolic OH excluding ortho intramolecular Hbond substituents is 1. The van der Waals surface area contributed by atoms with Crippen LogP contribution in [0, 0.1) is 15.9 Å². The summed E-state index contributed by atoms with van der Waals surface area (Å²) in [5, 5.41) is 32.1. The molecule has 0 unspecified atom stereocenters. The molecule has 1 aromatic heterocycles. The molecule has 0 saturated carbocycles. The minimum Gasteiger partial charge on any atom is -0.507 e. The number of aromatic hydroxyl groups is 1. The van der Waals surface area contributed by atoms with E-state index in [4.69, 9.17) is 5.11 Å². The van der Waals surface area contributed by atoms with Gasteiger partial charge in [0.15, 0.2) is 0 Å². The molecular formula is C10H5FN2O6. The fourth-order valence-corrected chi connectivity index (χ4v) is 1.40. The number of aromatic carboxylic acids is 1. The number of hydrogen-bond donors (Lipinski definition) is 2. The van der Waals surface area contributed by atoms with Gasteiger partial charge < -0.3 is 14.7 Å². The topological polar surface area (TPSA) is 127 Å². The second kappa shape index (κ2) is 4.37. The number of phenols is 1. The Morgan fingerprint density at radius 1 is 1.42 bits per heavy atom. The number of carboxylic acid groups (broad SMARTS) is 1. The first kappa shape index (κ1) is 12.5. The molecule has 0 bridgehead atoms. The van der Waals surface area contributed by atoms with E-state index in [1.165, 1.54) is 0 Å². The Labute approximate surface area is 103 Å². The van der Waals surface area contributed by atoms with Gasteiger partial charge in [-0.25, -0.2) is 4.79 Å². The van der Waals surface area contributed by atoms with Crippen molar-refractivity contribution in [1.82, 2.24) is 5.16 Å². The van der Waals surface area contributed by atoms with Crippen LogP contribution in [0.3, 0.4) is 0 Å². The number of benzene rings is 1. The lowest BCUT2D eigenvalue weighted by Crippen LogP contribution is -1.94. The maximum atomic E-state index is 13.2. The number of nitro benzene ring substituents is 1. The quantitative estimate of drug-likeness (QED) is 0.641. The van der Waals surface area contributed by atoms with Crippen molar-refractivity contribution >= 4 is 11.7 Å². The molecule has 2 N–H and O–H groups in total. The van der Waals surface area contributed by atoms with E-state index < -0.39 is 33.9 Å². The maximum Gasteiger partial charge on any atom is 0.374 e. The van der Waals surface area contributed by atoms with Crippen LogP contribution in [0.5, 0.6) is 5.75 Å². The number of nitro groups is 1. The van der Waals surface area contributed by atoms with Crippen LogP contribution in [0.15, 0.2) is 22.7 Å². The van der Waals surface area contributed by atoms with E-state index in [-0.39, 0.29) is 11.3 Å². The molecule has 0 spiro atoms. The molecule has 2 aromatic rings. The summed E-state index contributed by atoms with van der Waals surface area (Å²) in [7, 11) is 0. The first-order valence-corrected chi connectivity index (χ1v) is 4.77. The molecule has 0 amide bonds. The average molecular weight is 268 g/mol. The van der Waals surface area contributed by atoms with Gasteiger partial charge in [-0.15, -0.1) is 0 Å². The highest BCUT2D eigenvalue weighted by atomic mass is 19.1. The molecule has 0 aliphatic rings. The molecule has 0 radical (unpaired) electrons. The van der Waals surface area contributed by atoms with Crippen LogP contribution < -0.4 is 0 Å². The summed E-state index contributed by atoms with van der Waals surface area (Å²) in [6.07, 6.45) is 0. The molecule has 0 saturated heterocycles. The third-order valence-corrected chi connectivity index (χ3v) is 2.26. The second-order valence-corrected chi connectivity index (χ2v) is 3.46. The van der Waals surface area contributed by atoms with Gasteiger partial charge >= 0.3 is 11.7 Å². The molecule has 0 atom stereocenters. The lowest BCUT2D eigenvalue weighted by Gasteiger charge is -2.01. The summed E-state index contributed by atoms with van der Waals surface area (Å²) in [4.78, 5) is 20.2. The Kier molecular flexibility index (Phi) is 2.87. The van der Waals surface area contributed by atoms with Crippen molar-refractivity contribution in [3.63, 3.8) is 0 Å². The van der Waals surface area contributed by atoms with Crippen LogP contribution >= 0.6 is 0 Å². The highest BCUT2D eigenvalue weighted by Crippen LogP contribution is 2.34. The van der Waals surface area contributed by atoms with Crippen LogP contribution in [0.4, 0.5) is 10.1 Å². The summed E-state index contributed by atoms with van der Waals surface area (Å²) in [6.45, 7) is 0. The molecule has 0 fully saturated rings. The average Bonchev–Trinajstić information content (AvgIpc) is 2.77. The maximum absolute atomic E-state index is 13.2. The standard InChI is InChI=1S/C10H5FN2O6/c11-5-2-8(14)4(1-7(5)13(17)18)6-3-9(10(15)16)19-12-6/h1-3,14H,(H,15,16). The number of aromatic nitrogens is 1. The highest BCUT2D eigenvalue weighted by Gasteiger charge is 2.22. The van der Waals surface area contributed by atoms with Crippen LogP contribution in [0.1, 0.15) is 10.6 Å². The van der Waals surface area contributed by atoms with E-state index in [9.17, 15) is 24.4 Å². The molecule has 0 aliphatic heterocycles. The summed E-state index contributed by atoms with van der Waals surface area (Å²) in [5.74, 6) is -3.74. The minimum absolute atomic E-state index is 0.155. The number of rotatable bonds is 3. The third-order valence-electron chi connectivity index (χ3n) is 2.26. The molecule has 1 heterocycles. The van der Waals surface area contributed by atoms with Gasteiger partial charge in [-0.1, -0.05) is 5.16 Å². The van der Waals surface area contributed by atoms with Crippen molar-refractivity contribution in [3.05, 3.63) is 39.9 Å². The fourth-order valence-electron chi connectivity index (χ4n) is 1.40. The van der Waals surface area contributed by atoms with Crippen LogP contribution in [-0.2, 0) is 0 Å². The van der Waals surface area contributed by atoms with Crippen LogP contribution in [0.2, 0.25) is 0 Å². The van der Waals surface area contributed by atoms with Gasteiger partial charge in [0.25, 0.3) is 0 Å². The van der Waals surface area contributed by atoms with Gasteiger partial charge in [-0.05, 0) is 0 Å². The van der Waals surface area contributed by atoms with Crippen molar-refractivity contribution in [2.24, 2.45) is 0 Å². The predicted molar refractivity (Wildman–Crippen MR) is 57.2 cm³/mol. The van der Waals surface area contributed by atoms with E-state index in [0.717, 1.165) is 12.1 Å². The molecular weight excluding hydrogens is 263 g/mol. The molecule has 8 nitrogen and oxygen atoms in total. The Balaban J connectivity index is 2.57. The van der Waals surface area contributed by atoms with Gasteiger partial charge in [0, 0.05) is 18.2 Å². The zero-order valence-electron chi connectivity index (χ0n) is 9.03. The van der Waals surface area contributed by atoms with Gasteiger partial charge in [0.05, 0.1) is 10.5 Å². The van der Waals surface area contributed by atoms with Gasteiger partial charge in [0.1, 0.15) is 11.4 Å². The number of nitrogens with zero attached hydrogens (tertiary/aromatic N) is 2. The number of hydrogen-bond acceptors (Lipinski definition) is 6. The molecule has 1 aromatic carbocycles. The monoisotopic (exact) mass is 268 g/mol. The summed E-state index contributed by atoms with van der Waals surface area (Å²) in [6, 6.07) is 2.25. The van der Waals surface area contributed by atoms with Gasteiger partial charge in [0.2, 0.25) is 11.6 Å². The summed E-state index contributed by atoms with van der Waals surface area (Å²) >= 11 is 0. The predicted octanol–water partition coefficient (Wildman–Crippen LogP) is 1.79. The number of carboxylic acids is 1. The Morgan fingerprint density at radius 3 is 2.63 bits per heavy atom. The molecule has 9 heteroatoms. The van der Waals surface area contributed by atoms with Crippen molar-refractivity contribution in [1.29, 1.82) is 0 Å². The molecule has 0 aliphatic carbocycles. The molecule has 2 rings (SSSR count). The SMILES string of the molecule is O=C(O)c1cc(-c2cc([N+](=O)[O-])c(F)cc2O)no1. The first-order chi connectivity index (χ1) is 8.90. The zero-order valence-corrected chi connectivity index (χ0v) is 9.03. The smallest absolute Gasteiger partial charge is 0.374 e. The van der Waals surface area contributed by atoms with Crippen LogP contribution in [-0.4, -0.2) is 26.3 Å². The van der Waals surface area contributed by atoms with E-state index in [0.29, 0.717) is 6.07 Å². The number of halogens is 1. The van der Waals surface area contributed by atoms with Gasteiger partial charge in [-0.3, -0.25) is 10.1 Å². The molecule has 98 valence electrons. The number of carbonyl (C=O) groups is 1. The Hall–Kier alpha value is -2.97. The lowest BCUT2D eigenvalue weighted by molar-refractivity contribution is -0.387. The third kappa shape index (κ3) is 2.20. The minimum atomic E-state index is -1.39. The normalized spacial score (nSPS) is 10.4. The van der Waals surface area contributed by atoms with E-state index in [2.05, 4.69) is 9.68 Å². The second-order valence-electron chi connectivity index (χ2n) is 3.46. The van der Waals surface area contributed by atoms with Crippen molar-refractivity contribution in [2.75, 3.05) is 0 Å².